The number of hydrogen-bond donors (Lipinski definition) is 0. The van der Waals surface area contributed by atoms with Gasteiger partial charge in [0.2, 0.25) is 0 Å². The summed E-state index contributed by atoms with van der Waals surface area (Å²) in [6.45, 7) is 2.14. The van der Waals surface area contributed by atoms with Crippen LogP contribution in [0.5, 0.6) is 0 Å². The fraction of sp³-hybridized carbons (Fsp3) is 0.444. The lowest BCUT2D eigenvalue weighted by Crippen LogP contribution is -2.31. The van der Waals surface area contributed by atoms with Gasteiger partial charge in [-0.15, -0.1) is 6.42 Å². The van der Waals surface area contributed by atoms with Crippen molar-refractivity contribution in [3.8, 4) is 12.3 Å². The SMILES string of the molecule is C#CCN(CC)S(=O)(=O)c1cn(C)cn1. The van der Waals surface area contributed by atoms with E-state index in [9.17, 15) is 8.42 Å². The number of hydrogen-bond acceptors (Lipinski definition) is 3. The Balaban J connectivity index is 3.07. The van der Waals surface area contributed by atoms with Crippen LogP contribution in [0.4, 0.5) is 0 Å². The summed E-state index contributed by atoms with van der Waals surface area (Å²) in [4.78, 5) is 3.80. The maximum atomic E-state index is 11.9. The van der Waals surface area contributed by atoms with Gasteiger partial charge in [0.15, 0.2) is 5.03 Å². The molecule has 0 amide bonds. The zero-order valence-corrected chi connectivity index (χ0v) is 9.53. The highest BCUT2D eigenvalue weighted by Gasteiger charge is 2.24. The van der Waals surface area contributed by atoms with Gasteiger partial charge in [0.1, 0.15) is 0 Å². The van der Waals surface area contributed by atoms with Crippen LogP contribution in [-0.2, 0) is 17.1 Å². The van der Waals surface area contributed by atoms with Gasteiger partial charge in [0.25, 0.3) is 10.0 Å². The van der Waals surface area contributed by atoms with E-state index in [2.05, 4.69) is 10.9 Å². The van der Waals surface area contributed by atoms with Crippen molar-refractivity contribution in [2.24, 2.45) is 7.05 Å². The van der Waals surface area contributed by atoms with Crippen LogP contribution < -0.4 is 0 Å². The minimum absolute atomic E-state index is 0.0297. The Morgan fingerprint density at radius 1 is 1.67 bits per heavy atom. The third kappa shape index (κ3) is 2.37. The molecule has 0 N–H and O–H groups in total. The first-order valence-corrected chi connectivity index (χ1v) is 5.88. The Hall–Kier alpha value is -1.32. The van der Waals surface area contributed by atoms with Crippen molar-refractivity contribution in [1.82, 2.24) is 13.9 Å². The van der Waals surface area contributed by atoms with Crippen molar-refractivity contribution in [2.45, 2.75) is 11.9 Å². The quantitative estimate of drug-likeness (QED) is 0.684. The highest BCUT2D eigenvalue weighted by molar-refractivity contribution is 7.89. The first-order valence-electron chi connectivity index (χ1n) is 4.44. The number of aromatic nitrogens is 2. The molecule has 0 saturated heterocycles. The predicted octanol–water partition coefficient (Wildman–Crippen LogP) is 0.0639. The Bertz CT molecular complexity index is 470. The van der Waals surface area contributed by atoms with Crippen molar-refractivity contribution in [3.63, 3.8) is 0 Å². The molecule has 0 atom stereocenters. The third-order valence-electron chi connectivity index (χ3n) is 1.91. The molecule has 1 aromatic heterocycles. The van der Waals surface area contributed by atoms with E-state index in [4.69, 9.17) is 6.42 Å². The van der Waals surface area contributed by atoms with Crippen LogP contribution >= 0.6 is 0 Å². The fourth-order valence-electron chi connectivity index (χ4n) is 1.12. The van der Waals surface area contributed by atoms with E-state index in [0.717, 1.165) is 0 Å². The van der Waals surface area contributed by atoms with E-state index in [1.54, 1.807) is 18.5 Å². The van der Waals surface area contributed by atoms with Gasteiger partial charge in [-0.3, -0.25) is 0 Å². The zero-order chi connectivity index (χ0) is 11.5. The second-order valence-corrected chi connectivity index (χ2v) is 4.90. The van der Waals surface area contributed by atoms with Crippen LogP contribution in [-0.4, -0.2) is 35.4 Å². The molecule has 1 aromatic rings. The van der Waals surface area contributed by atoms with Crippen LogP contribution in [0.2, 0.25) is 0 Å². The van der Waals surface area contributed by atoms with E-state index in [1.165, 1.54) is 16.8 Å². The predicted molar refractivity (Wildman–Crippen MR) is 56.5 cm³/mol. The van der Waals surface area contributed by atoms with Gasteiger partial charge in [-0.25, -0.2) is 13.4 Å². The second-order valence-electron chi connectivity index (χ2n) is 3.01. The van der Waals surface area contributed by atoms with Crippen molar-refractivity contribution < 1.29 is 8.42 Å². The molecule has 1 rings (SSSR count). The summed E-state index contributed by atoms with van der Waals surface area (Å²) in [6, 6.07) is 0. The van der Waals surface area contributed by atoms with Crippen molar-refractivity contribution in [1.29, 1.82) is 0 Å². The number of aryl methyl sites for hydroxylation is 1. The third-order valence-corrected chi connectivity index (χ3v) is 3.71. The van der Waals surface area contributed by atoms with Gasteiger partial charge in [-0.1, -0.05) is 12.8 Å². The van der Waals surface area contributed by atoms with E-state index >= 15 is 0 Å². The lowest BCUT2D eigenvalue weighted by atomic mass is 10.6. The summed E-state index contributed by atoms with van der Waals surface area (Å²) in [5, 5.41) is 0.0297. The van der Waals surface area contributed by atoms with Gasteiger partial charge in [-0.2, -0.15) is 4.31 Å². The molecule has 0 radical (unpaired) electrons. The number of imidazole rings is 1. The van der Waals surface area contributed by atoms with E-state index in [0.29, 0.717) is 6.54 Å². The standard InChI is InChI=1S/C9H13N3O2S/c1-4-6-12(5-2)15(13,14)9-7-11(3)8-10-9/h1,7-8H,5-6H2,2-3H3. The summed E-state index contributed by atoms with van der Waals surface area (Å²) in [6.07, 6.45) is 8.00. The smallest absolute Gasteiger partial charge is 0.262 e. The van der Waals surface area contributed by atoms with Crippen molar-refractivity contribution in [3.05, 3.63) is 12.5 Å². The normalized spacial score (nSPS) is 11.6. The lowest BCUT2D eigenvalue weighted by Gasteiger charge is -2.15. The molecule has 1 heterocycles. The lowest BCUT2D eigenvalue weighted by molar-refractivity contribution is 0.461. The average Bonchev–Trinajstić information content (AvgIpc) is 2.61. The molecule has 0 unspecified atom stereocenters. The minimum Gasteiger partial charge on any atom is -0.339 e. The molecule has 6 heteroatoms. The van der Waals surface area contributed by atoms with Gasteiger partial charge >= 0.3 is 0 Å². The summed E-state index contributed by atoms with van der Waals surface area (Å²) < 4.78 is 26.6. The zero-order valence-electron chi connectivity index (χ0n) is 8.71. The largest absolute Gasteiger partial charge is 0.339 e. The van der Waals surface area contributed by atoms with Crippen molar-refractivity contribution >= 4 is 10.0 Å². The first-order chi connectivity index (χ1) is 7.02. The molecular weight excluding hydrogens is 214 g/mol. The average molecular weight is 227 g/mol. The maximum Gasteiger partial charge on any atom is 0.262 e. The molecule has 0 spiro atoms. The van der Waals surface area contributed by atoms with Gasteiger partial charge in [-0.05, 0) is 0 Å². The summed E-state index contributed by atoms with van der Waals surface area (Å²) >= 11 is 0. The summed E-state index contributed by atoms with van der Waals surface area (Å²) in [5.74, 6) is 2.31. The number of sulfonamides is 1. The van der Waals surface area contributed by atoms with E-state index in [-0.39, 0.29) is 11.6 Å². The molecule has 0 saturated carbocycles. The Kier molecular flexibility index (Phi) is 3.50. The topological polar surface area (TPSA) is 55.2 Å². The Morgan fingerprint density at radius 3 is 2.73 bits per heavy atom. The van der Waals surface area contributed by atoms with Gasteiger partial charge < -0.3 is 4.57 Å². The first kappa shape index (κ1) is 11.8. The molecule has 0 aliphatic rings. The van der Waals surface area contributed by atoms with E-state index in [1.807, 2.05) is 0 Å². The maximum absolute atomic E-state index is 11.9. The number of rotatable bonds is 4. The number of terminal acetylenes is 1. The molecule has 0 aliphatic heterocycles. The molecule has 0 aromatic carbocycles. The Labute approximate surface area is 89.8 Å². The molecule has 5 nitrogen and oxygen atoms in total. The molecule has 15 heavy (non-hydrogen) atoms. The summed E-state index contributed by atoms with van der Waals surface area (Å²) in [5.41, 5.74) is 0. The molecule has 82 valence electrons. The Morgan fingerprint density at radius 2 is 2.33 bits per heavy atom. The molecular formula is C9H13N3O2S. The molecule has 0 fully saturated rings. The fourth-order valence-corrected chi connectivity index (χ4v) is 2.45. The van der Waals surface area contributed by atoms with Gasteiger partial charge in [0, 0.05) is 19.8 Å². The van der Waals surface area contributed by atoms with Gasteiger partial charge in [0.05, 0.1) is 12.9 Å². The van der Waals surface area contributed by atoms with Crippen LogP contribution in [0.15, 0.2) is 17.6 Å². The van der Waals surface area contributed by atoms with Crippen LogP contribution in [0, 0.1) is 12.3 Å². The van der Waals surface area contributed by atoms with Crippen LogP contribution in [0.3, 0.4) is 0 Å². The highest BCUT2D eigenvalue weighted by Crippen LogP contribution is 2.11. The van der Waals surface area contributed by atoms with Crippen LogP contribution in [0.25, 0.3) is 0 Å². The second kappa shape index (κ2) is 4.47. The van der Waals surface area contributed by atoms with E-state index < -0.39 is 10.0 Å². The number of nitrogens with zero attached hydrogens (tertiary/aromatic N) is 3. The minimum atomic E-state index is -3.53. The van der Waals surface area contributed by atoms with Crippen LogP contribution in [0.1, 0.15) is 6.92 Å². The molecule has 0 bridgehead atoms. The molecule has 0 aliphatic carbocycles. The van der Waals surface area contributed by atoms with Crippen molar-refractivity contribution in [2.75, 3.05) is 13.1 Å². The monoisotopic (exact) mass is 227 g/mol. The summed E-state index contributed by atoms with van der Waals surface area (Å²) in [7, 11) is -1.82. The highest BCUT2D eigenvalue weighted by atomic mass is 32.2.